The van der Waals surface area contributed by atoms with Crippen LogP contribution in [0.5, 0.6) is 0 Å². The van der Waals surface area contributed by atoms with Gasteiger partial charge in [0.2, 0.25) is 5.91 Å². The van der Waals surface area contributed by atoms with E-state index in [-0.39, 0.29) is 25.0 Å². The van der Waals surface area contributed by atoms with Crippen molar-refractivity contribution in [2.45, 2.75) is 18.9 Å². The van der Waals surface area contributed by atoms with Crippen molar-refractivity contribution in [3.8, 4) is 0 Å². The minimum Gasteiger partial charge on any atom is -0.480 e. The Bertz CT molecular complexity index is 252. The molecule has 0 bridgehead atoms. The molecular formula is C9H20N4O5. The normalized spacial score (nSPS) is 16.7. The number of carboxylic acids is 2. The molecular weight excluding hydrogens is 244 g/mol. The van der Waals surface area contributed by atoms with Crippen molar-refractivity contribution in [2.75, 3.05) is 19.6 Å². The number of carboxylic acid groups (broad SMARTS) is 2. The summed E-state index contributed by atoms with van der Waals surface area (Å²) < 4.78 is 0. The second-order valence-electron chi connectivity index (χ2n) is 3.25. The molecule has 1 rings (SSSR count). The molecule has 0 aromatic rings. The molecule has 1 atom stereocenters. The van der Waals surface area contributed by atoms with E-state index in [4.69, 9.17) is 15.9 Å². The van der Waals surface area contributed by atoms with Crippen LogP contribution in [0.15, 0.2) is 0 Å². The molecule has 1 amide bonds. The Kier molecular flexibility index (Phi) is 12.2. The van der Waals surface area contributed by atoms with Crippen LogP contribution in [-0.2, 0) is 14.4 Å². The van der Waals surface area contributed by atoms with Gasteiger partial charge in [0.25, 0.3) is 0 Å². The minimum atomic E-state index is -0.968. The van der Waals surface area contributed by atoms with Crippen LogP contribution in [-0.4, -0.2) is 53.7 Å². The third-order valence-electron chi connectivity index (χ3n) is 1.75. The fraction of sp³-hybridized carbons (Fsp3) is 0.667. The second kappa shape index (κ2) is 11.8. The maximum atomic E-state index is 10.4. The van der Waals surface area contributed by atoms with E-state index in [1.54, 1.807) is 0 Å². The van der Waals surface area contributed by atoms with Crippen LogP contribution < -0.4 is 22.5 Å². The molecule has 0 saturated carbocycles. The lowest BCUT2D eigenvalue weighted by molar-refractivity contribution is -0.136. The molecule has 9 N–H and O–H groups in total. The molecule has 9 nitrogen and oxygen atoms in total. The van der Waals surface area contributed by atoms with Crippen molar-refractivity contribution in [1.29, 1.82) is 0 Å². The molecule has 0 radical (unpaired) electrons. The number of nitrogens with two attached hydrogens (primary N) is 3. The molecule has 0 aromatic heterocycles. The Morgan fingerprint density at radius 2 is 1.50 bits per heavy atom. The first-order chi connectivity index (χ1) is 8.34. The topological polar surface area (TPSA) is 182 Å². The maximum Gasteiger partial charge on any atom is 0.317 e. The average Bonchev–Trinajstić information content (AvgIpc) is 2.84. The van der Waals surface area contributed by atoms with E-state index < -0.39 is 11.9 Å². The van der Waals surface area contributed by atoms with E-state index in [9.17, 15) is 14.4 Å². The van der Waals surface area contributed by atoms with Gasteiger partial charge in [0.15, 0.2) is 0 Å². The molecule has 1 aliphatic heterocycles. The Labute approximate surface area is 104 Å². The van der Waals surface area contributed by atoms with Gasteiger partial charge >= 0.3 is 11.9 Å². The smallest absolute Gasteiger partial charge is 0.317 e. The molecule has 9 heteroatoms. The highest BCUT2D eigenvalue weighted by atomic mass is 16.4. The summed E-state index contributed by atoms with van der Waals surface area (Å²) in [7, 11) is 0. The highest BCUT2D eigenvalue weighted by Crippen LogP contribution is 2.02. The summed E-state index contributed by atoms with van der Waals surface area (Å²) in [6, 6.07) is -0.0463. The Morgan fingerprint density at radius 1 is 1.11 bits per heavy atom. The molecule has 1 heterocycles. The van der Waals surface area contributed by atoms with E-state index in [0.717, 1.165) is 19.4 Å². The van der Waals surface area contributed by atoms with Gasteiger partial charge in [-0.05, 0) is 19.4 Å². The van der Waals surface area contributed by atoms with Crippen LogP contribution in [0, 0.1) is 0 Å². The van der Waals surface area contributed by atoms with E-state index in [1.807, 2.05) is 0 Å². The Balaban J connectivity index is 0. The Hall–Kier alpha value is -1.71. The molecule has 0 aromatic carbocycles. The standard InChI is InChI=1S/C5H10N2O.2C2H5NO2/c6-5(8)4-2-1-3-7-4;2*3-1-2(4)5/h4,7H,1-3H2,(H2,6,8);2*1,3H2,(H,4,5). The maximum absolute atomic E-state index is 10.4. The summed E-state index contributed by atoms with van der Waals surface area (Å²) in [5.74, 6) is -2.16. The van der Waals surface area contributed by atoms with E-state index in [2.05, 4.69) is 16.8 Å². The summed E-state index contributed by atoms with van der Waals surface area (Å²) >= 11 is 0. The number of primary amides is 1. The van der Waals surface area contributed by atoms with Crippen molar-refractivity contribution in [3.63, 3.8) is 0 Å². The van der Waals surface area contributed by atoms with Gasteiger partial charge in [-0.2, -0.15) is 0 Å². The van der Waals surface area contributed by atoms with Crippen LogP contribution in [0.25, 0.3) is 0 Å². The molecule has 0 aliphatic carbocycles. The van der Waals surface area contributed by atoms with Gasteiger partial charge in [-0.3, -0.25) is 14.4 Å². The fourth-order valence-electron chi connectivity index (χ4n) is 0.927. The highest BCUT2D eigenvalue weighted by Gasteiger charge is 2.18. The van der Waals surface area contributed by atoms with Crippen LogP contribution in [0.2, 0.25) is 0 Å². The van der Waals surface area contributed by atoms with Gasteiger partial charge in [0.1, 0.15) is 0 Å². The van der Waals surface area contributed by atoms with Gasteiger partial charge in [0, 0.05) is 0 Å². The van der Waals surface area contributed by atoms with Crippen LogP contribution in [0.3, 0.4) is 0 Å². The van der Waals surface area contributed by atoms with Crippen molar-refractivity contribution < 1.29 is 24.6 Å². The fourth-order valence-corrected chi connectivity index (χ4v) is 0.927. The van der Waals surface area contributed by atoms with Gasteiger partial charge in [-0.1, -0.05) is 0 Å². The van der Waals surface area contributed by atoms with Crippen molar-refractivity contribution in [1.82, 2.24) is 5.32 Å². The average molecular weight is 264 g/mol. The zero-order valence-electron chi connectivity index (χ0n) is 9.96. The number of nitrogens with one attached hydrogen (secondary N) is 1. The molecule has 18 heavy (non-hydrogen) atoms. The summed E-state index contributed by atoms with van der Waals surface area (Å²) in [6.07, 6.45) is 1.99. The predicted molar refractivity (Wildman–Crippen MR) is 63.6 cm³/mol. The summed E-state index contributed by atoms with van der Waals surface area (Å²) in [5, 5.41) is 18.2. The van der Waals surface area contributed by atoms with Gasteiger partial charge in [-0.15, -0.1) is 0 Å². The molecule has 0 spiro atoms. The minimum absolute atomic E-state index is 0.0463. The first-order valence-electron chi connectivity index (χ1n) is 5.21. The van der Waals surface area contributed by atoms with E-state index in [0.29, 0.717) is 0 Å². The van der Waals surface area contributed by atoms with Crippen molar-refractivity contribution in [3.05, 3.63) is 0 Å². The molecule has 1 fully saturated rings. The first-order valence-corrected chi connectivity index (χ1v) is 5.21. The quantitative estimate of drug-likeness (QED) is 0.318. The Morgan fingerprint density at radius 3 is 1.61 bits per heavy atom. The zero-order valence-corrected chi connectivity index (χ0v) is 9.96. The second-order valence-corrected chi connectivity index (χ2v) is 3.25. The summed E-state index contributed by atoms with van der Waals surface area (Å²) in [6.45, 7) is 0.383. The number of carbonyl (C=O) groups excluding carboxylic acids is 1. The molecule has 106 valence electrons. The molecule has 1 unspecified atom stereocenters. The molecule has 1 saturated heterocycles. The molecule has 1 aliphatic rings. The van der Waals surface area contributed by atoms with Gasteiger partial charge < -0.3 is 32.7 Å². The summed E-state index contributed by atoms with van der Waals surface area (Å²) in [4.78, 5) is 28.8. The number of rotatable bonds is 3. The lowest BCUT2D eigenvalue weighted by Crippen LogP contribution is -2.36. The number of aliphatic carboxylic acids is 2. The van der Waals surface area contributed by atoms with E-state index in [1.165, 1.54) is 0 Å². The van der Waals surface area contributed by atoms with Crippen molar-refractivity contribution >= 4 is 17.8 Å². The van der Waals surface area contributed by atoms with E-state index >= 15 is 0 Å². The lowest BCUT2D eigenvalue weighted by atomic mass is 10.2. The number of amides is 1. The summed E-state index contributed by atoms with van der Waals surface area (Å²) in [5.41, 5.74) is 14.1. The third kappa shape index (κ3) is 14.3. The predicted octanol–water partition coefficient (Wildman–Crippen LogP) is -2.72. The van der Waals surface area contributed by atoms with Gasteiger partial charge in [-0.25, -0.2) is 0 Å². The highest BCUT2D eigenvalue weighted by molar-refractivity contribution is 5.80. The third-order valence-corrected chi connectivity index (χ3v) is 1.75. The SMILES string of the molecule is NC(=O)C1CCCN1.NCC(=O)O.NCC(=O)O. The number of carbonyl (C=O) groups is 3. The number of hydrogen-bond donors (Lipinski definition) is 6. The van der Waals surface area contributed by atoms with Crippen LogP contribution in [0.1, 0.15) is 12.8 Å². The first kappa shape index (κ1) is 18.6. The largest absolute Gasteiger partial charge is 0.480 e. The van der Waals surface area contributed by atoms with Crippen LogP contribution >= 0.6 is 0 Å². The van der Waals surface area contributed by atoms with Crippen LogP contribution in [0.4, 0.5) is 0 Å². The zero-order chi connectivity index (χ0) is 14.6. The van der Waals surface area contributed by atoms with Crippen molar-refractivity contribution in [2.24, 2.45) is 17.2 Å². The van der Waals surface area contributed by atoms with Gasteiger partial charge in [0.05, 0.1) is 19.1 Å². The monoisotopic (exact) mass is 264 g/mol. The lowest BCUT2D eigenvalue weighted by Gasteiger charge is -2.01. The number of hydrogen-bond acceptors (Lipinski definition) is 6.